The van der Waals surface area contributed by atoms with Crippen LogP contribution in [0.2, 0.25) is 0 Å². The van der Waals surface area contributed by atoms with E-state index in [4.69, 9.17) is 5.26 Å². The number of halogens is 3. The van der Waals surface area contributed by atoms with E-state index in [2.05, 4.69) is 20.5 Å². The Morgan fingerprint density at radius 1 is 1.35 bits per heavy atom. The van der Waals surface area contributed by atoms with Gasteiger partial charge in [0.15, 0.2) is 0 Å². The number of nitrogens with zero attached hydrogens (tertiary/aromatic N) is 2. The second kappa shape index (κ2) is 4.16. The normalized spacial score (nSPS) is 14.2. The molecule has 0 unspecified atom stereocenters. The van der Waals surface area contributed by atoms with Gasteiger partial charge in [-0.05, 0) is 6.08 Å². The van der Waals surface area contributed by atoms with Gasteiger partial charge in [-0.15, -0.1) is 0 Å². The number of fused-ring (bicyclic) bond motifs is 1. The molecule has 20 heavy (non-hydrogen) atoms. The Labute approximate surface area is 111 Å². The average Bonchev–Trinajstić information content (AvgIpc) is 3.02. The molecule has 2 aromatic rings. The summed E-state index contributed by atoms with van der Waals surface area (Å²) in [5.74, 6) is 0.492. The summed E-state index contributed by atoms with van der Waals surface area (Å²) in [5, 5.41) is 18.0. The molecule has 3 rings (SSSR count). The van der Waals surface area contributed by atoms with Crippen molar-refractivity contribution in [2.75, 3.05) is 11.9 Å². The molecule has 0 fully saturated rings. The SMILES string of the molecule is N#Cc1cn[nH]c1-c1c[nH]c2c1C=C(C(F)(F)F)CN2. The van der Waals surface area contributed by atoms with Gasteiger partial charge in [0, 0.05) is 23.9 Å². The number of nitriles is 1. The minimum absolute atomic E-state index is 0.277. The molecule has 0 amide bonds. The highest BCUT2D eigenvalue weighted by molar-refractivity contribution is 5.85. The van der Waals surface area contributed by atoms with Crippen molar-refractivity contribution in [1.29, 1.82) is 5.26 Å². The Hall–Kier alpha value is -2.69. The van der Waals surface area contributed by atoms with Crippen LogP contribution in [0, 0.1) is 11.3 Å². The average molecular weight is 279 g/mol. The van der Waals surface area contributed by atoms with Crippen molar-refractivity contribution < 1.29 is 13.2 Å². The van der Waals surface area contributed by atoms with Crippen molar-refractivity contribution >= 4 is 11.9 Å². The molecule has 0 aromatic carbocycles. The minimum Gasteiger partial charge on any atom is -0.367 e. The molecule has 2 aromatic heterocycles. The van der Waals surface area contributed by atoms with E-state index in [1.54, 1.807) is 6.20 Å². The van der Waals surface area contributed by atoms with Crippen LogP contribution in [0.3, 0.4) is 0 Å². The lowest BCUT2D eigenvalue weighted by Crippen LogP contribution is -2.22. The second-order valence-corrected chi connectivity index (χ2v) is 4.28. The number of hydrogen-bond donors (Lipinski definition) is 3. The van der Waals surface area contributed by atoms with Gasteiger partial charge in [-0.2, -0.15) is 23.5 Å². The minimum atomic E-state index is -4.38. The Morgan fingerprint density at radius 2 is 2.15 bits per heavy atom. The largest absolute Gasteiger partial charge is 0.414 e. The summed E-state index contributed by atoms with van der Waals surface area (Å²) in [6.07, 6.45) is -0.424. The summed E-state index contributed by atoms with van der Waals surface area (Å²) >= 11 is 0. The van der Waals surface area contributed by atoms with Crippen molar-refractivity contribution in [3.05, 3.63) is 29.1 Å². The molecule has 0 aliphatic carbocycles. The zero-order valence-corrected chi connectivity index (χ0v) is 9.97. The predicted octanol–water partition coefficient (Wildman–Crippen LogP) is 2.65. The van der Waals surface area contributed by atoms with E-state index in [9.17, 15) is 13.2 Å². The van der Waals surface area contributed by atoms with Crippen molar-refractivity contribution in [2.45, 2.75) is 6.18 Å². The number of aromatic amines is 2. The Morgan fingerprint density at radius 3 is 2.85 bits per heavy atom. The molecule has 1 aliphatic heterocycles. The highest BCUT2D eigenvalue weighted by atomic mass is 19.4. The number of H-pyrrole nitrogens is 2. The van der Waals surface area contributed by atoms with Crippen LogP contribution in [-0.2, 0) is 0 Å². The molecule has 8 heteroatoms. The molecule has 0 saturated heterocycles. The summed E-state index contributed by atoms with van der Waals surface area (Å²) in [6, 6.07) is 1.94. The Kier molecular flexibility index (Phi) is 2.57. The fourth-order valence-corrected chi connectivity index (χ4v) is 2.10. The first-order valence-corrected chi connectivity index (χ1v) is 5.67. The van der Waals surface area contributed by atoms with Crippen LogP contribution in [0.5, 0.6) is 0 Å². The van der Waals surface area contributed by atoms with Gasteiger partial charge < -0.3 is 10.3 Å². The third-order valence-corrected chi connectivity index (χ3v) is 3.09. The van der Waals surface area contributed by atoms with Gasteiger partial charge >= 0.3 is 6.18 Å². The molecule has 0 saturated carbocycles. The molecule has 3 N–H and O–H groups in total. The molecule has 0 atom stereocenters. The van der Waals surface area contributed by atoms with E-state index in [-0.39, 0.29) is 12.1 Å². The molecular formula is C12H8F3N5. The lowest BCUT2D eigenvalue weighted by Gasteiger charge is -2.18. The van der Waals surface area contributed by atoms with E-state index >= 15 is 0 Å². The Bertz CT molecular complexity index is 729. The maximum atomic E-state index is 12.8. The van der Waals surface area contributed by atoms with E-state index in [1.165, 1.54) is 6.20 Å². The first-order valence-electron chi connectivity index (χ1n) is 5.67. The summed E-state index contributed by atoms with van der Waals surface area (Å²) in [4.78, 5) is 2.86. The third-order valence-electron chi connectivity index (χ3n) is 3.09. The molecule has 0 bridgehead atoms. The maximum absolute atomic E-state index is 12.8. The number of nitrogens with one attached hydrogen (secondary N) is 3. The van der Waals surface area contributed by atoms with E-state index in [0.29, 0.717) is 22.6 Å². The van der Waals surface area contributed by atoms with Gasteiger partial charge in [0.2, 0.25) is 0 Å². The van der Waals surface area contributed by atoms with E-state index in [1.807, 2.05) is 6.07 Å². The van der Waals surface area contributed by atoms with Crippen LogP contribution >= 0.6 is 0 Å². The number of alkyl halides is 3. The van der Waals surface area contributed by atoms with E-state index < -0.39 is 11.7 Å². The smallest absolute Gasteiger partial charge is 0.367 e. The number of anilines is 1. The summed E-state index contributed by atoms with van der Waals surface area (Å²) in [6.45, 7) is -0.287. The second-order valence-electron chi connectivity index (χ2n) is 4.28. The summed E-state index contributed by atoms with van der Waals surface area (Å²) in [7, 11) is 0. The first kappa shape index (κ1) is 12.3. The van der Waals surface area contributed by atoms with E-state index in [0.717, 1.165) is 6.08 Å². The van der Waals surface area contributed by atoms with Crippen molar-refractivity contribution in [2.24, 2.45) is 0 Å². The molecular weight excluding hydrogens is 271 g/mol. The zero-order chi connectivity index (χ0) is 14.3. The molecule has 0 spiro atoms. The topological polar surface area (TPSA) is 80.3 Å². The van der Waals surface area contributed by atoms with Gasteiger partial charge in [-0.3, -0.25) is 5.10 Å². The zero-order valence-electron chi connectivity index (χ0n) is 9.97. The molecule has 5 nitrogen and oxygen atoms in total. The van der Waals surface area contributed by atoms with Crippen LogP contribution in [0.4, 0.5) is 19.0 Å². The lowest BCUT2D eigenvalue weighted by atomic mass is 10.0. The maximum Gasteiger partial charge on any atom is 0.414 e. The third kappa shape index (κ3) is 1.84. The van der Waals surface area contributed by atoms with Crippen molar-refractivity contribution in [3.63, 3.8) is 0 Å². The fraction of sp³-hybridized carbons (Fsp3) is 0.167. The highest BCUT2D eigenvalue weighted by Crippen LogP contribution is 2.37. The standard InChI is InChI=1S/C12H8F3N5/c13-12(14,15)7-1-8-9(5-18-11(8)17-4-7)10-6(2-16)3-19-20-10/h1,3,5,17-18H,4H2,(H,19,20). The van der Waals surface area contributed by atoms with Gasteiger partial charge in [-0.25, -0.2) is 0 Å². The fourth-order valence-electron chi connectivity index (χ4n) is 2.10. The van der Waals surface area contributed by atoms with Crippen LogP contribution in [0.15, 0.2) is 18.0 Å². The summed E-state index contributed by atoms with van der Waals surface area (Å²) < 4.78 is 38.3. The predicted molar refractivity (Wildman–Crippen MR) is 65.6 cm³/mol. The number of aromatic nitrogens is 3. The molecule has 3 heterocycles. The number of hydrogen-bond acceptors (Lipinski definition) is 3. The van der Waals surface area contributed by atoms with Gasteiger partial charge in [0.1, 0.15) is 11.9 Å². The van der Waals surface area contributed by atoms with Gasteiger partial charge in [0.05, 0.1) is 23.0 Å². The van der Waals surface area contributed by atoms with Crippen LogP contribution < -0.4 is 5.32 Å². The summed E-state index contributed by atoms with van der Waals surface area (Å²) in [5.41, 5.74) is 0.849. The Balaban J connectivity index is 2.14. The highest BCUT2D eigenvalue weighted by Gasteiger charge is 2.35. The van der Waals surface area contributed by atoms with Gasteiger partial charge in [-0.1, -0.05) is 0 Å². The van der Waals surface area contributed by atoms with Crippen molar-refractivity contribution in [1.82, 2.24) is 15.2 Å². The molecule has 1 aliphatic rings. The molecule has 0 radical (unpaired) electrons. The van der Waals surface area contributed by atoms with Crippen LogP contribution in [0.1, 0.15) is 11.1 Å². The van der Waals surface area contributed by atoms with Crippen molar-refractivity contribution in [3.8, 4) is 17.3 Å². The number of rotatable bonds is 1. The lowest BCUT2D eigenvalue weighted by molar-refractivity contribution is -0.0909. The van der Waals surface area contributed by atoms with Gasteiger partial charge in [0.25, 0.3) is 0 Å². The first-order chi connectivity index (χ1) is 9.50. The van der Waals surface area contributed by atoms with Crippen LogP contribution in [-0.4, -0.2) is 27.9 Å². The quantitative estimate of drug-likeness (QED) is 0.750. The van der Waals surface area contributed by atoms with Crippen LogP contribution in [0.25, 0.3) is 17.3 Å². The molecule has 102 valence electrons. The monoisotopic (exact) mass is 279 g/mol.